The van der Waals surface area contributed by atoms with E-state index in [-0.39, 0.29) is 0 Å². The molecule has 0 bridgehead atoms. The zero-order valence-corrected chi connectivity index (χ0v) is 7.79. The zero-order chi connectivity index (χ0) is 9.10. The van der Waals surface area contributed by atoms with Gasteiger partial charge in [-0.15, -0.1) is 0 Å². The predicted octanol–water partition coefficient (Wildman–Crippen LogP) is 0.995. The van der Waals surface area contributed by atoms with Crippen LogP contribution in [0.15, 0.2) is 18.3 Å². The van der Waals surface area contributed by atoms with Crippen molar-refractivity contribution < 1.29 is 4.74 Å². The summed E-state index contributed by atoms with van der Waals surface area (Å²) in [7, 11) is 0. The Morgan fingerprint density at radius 3 is 2.85 bits per heavy atom. The Labute approximate surface area is 78.1 Å². The van der Waals surface area contributed by atoms with E-state index in [0.717, 1.165) is 25.4 Å². The number of nitrogens with one attached hydrogen (secondary N) is 1. The quantitative estimate of drug-likeness (QED) is 0.749. The van der Waals surface area contributed by atoms with Gasteiger partial charge >= 0.3 is 0 Å². The lowest BCUT2D eigenvalue weighted by molar-refractivity contribution is 0.136. The summed E-state index contributed by atoms with van der Waals surface area (Å²) in [6.45, 7) is 4.00. The van der Waals surface area contributed by atoms with Gasteiger partial charge < -0.3 is 10.1 Å². The normalized spacial score (nSPS) is 16.7. The van der Waals surface area contributed by atoms with Gasteiger partial charge in [-0.2, -0.15) is 0 Å². The maximum atomic E-state index is 5.58. The first-order valence-corrected chi connectivity index (χ1v) is 4.71. The molecule has 0 unspecified atom stereocenters. The topological polar surface area (TPSA) is 34.1 Å². The summed E-state index contributed by atoms with van der Waals surface area (Å²) < 4.78 is 5.58. The first kappa shape index (κ1) is 8.51. The molecule has 2 heterocycles. The Morgan fingerprint density at radius 1 is 1.54 bits per heavy atom. The standard InChI is InChI=1S/C10H14N2O/c1-2-8-3-4-10(12-5-8)13-9-6-11-7-9/h3-5,9,11H,2,6-7H2,1H3. The summed E-state index contributed by atoms with van der Waals surface area (Å²) >= 11 is 0. The Bertz CT molecular complexity index is 267. The van der Waals surface area contributed by atoms with Gasteiger partial charge in [-0.1, -0.05) is 13.0 Å². The molecule has 1 fully saturated rings. The average Bonchev–Trinajstić information content (AvgIpc) is 2.12. The van der Waals surface area contributed by atoms with Crippen LogP contribution in [0.3, 0.4) is 0 Å². The van der Waals surface area contributed by atoms with Crippen LogP contribution in [0, 0.1) is 0 Å². The predicted molar refractivity (Wildman–Crippen MR) is 50.9 cm³/mol. The third-order valence-electron chi connectivity index (χ3n) is 2.24. The molecule has 13 heavy (non-hydrogen) atoms. The van der Waals surface area contributed by atoms with Crippen LogP contribution in [-0.4, -0.2) is 24.2 Å². The van der Waals surface area contributed by atoms with Crippen molar-refractivity contribution in [2.24, 2.45) is 0 Å². The van der Waals surface area contributed by atoms with E-state index in [2.05, 4.69) is 23.3 Å². The van der Waals surface area contributed by atoms with E-state index in [1.807, 2.05) is 12.3 Å². The molecule has 1 aliphatic rings. The Morgan fingerprint density at radius 2 is 2.38 bits per heavy atom. The van der Waals surface area contributed by atoms with Gasteiger partial charge in [0.2, 0.25) is 5.88 Å². The van der Waals surface area contributed by atoms with E-state index < -0.39 is 0 Å². The number of hydrogen-bond donors (Lipinski definition) is 1. The minimum absolute atomic E-state index is 0.319. The highest BCUT2D eigenvalue weighted by Gasteiger charge is 2.18. The molecule has 1 aromatic rings. The molecule has 2 rings (SSSR count). The highest BCUT2D eigenvalue weighted by Crippen LogP contribution is 2.11. The molecule has 0 atom stereocenters. The molecule has 1 N–H and O–H groups in total. The largest absolute Gasteiger partial charge is 0.472 e. The van der Waals surface area contributed by atoms with Crippen LogP contribution in [0.2, 0.25) is 0 Å². The van der Waals surface area contributed by atoms with Gasteiger partial charge in [0, 0.05) is 25.4 Å². The number of rotatable bonds is 3. The van der Waals surface area contributed by atoms with E-state index in [0.29, 0.717) is 6.10 Å². The second-order valence-electron chi connectivity index (χ2n) is 3.26. The average molecular weight is 178 g/mol. The van der Waals surface area contributed by atoms with Crippen molar-refractivity contribution in [3.63, 3.8) is 0 Å². The first-order valence-electron chi connectivity index (χ1n) is 4.71. The maximum Gasteiger partial charge on any atom is 0.213 e. The first-order chi connectivity index (χ1) is 6.38. The van der Waals surface area contributed by atoms with Gasteiger partial charge in [0.05, 0.1) is 0 Å². The van der Waals surface area contributed by atoms with Gasteiger partial charge in [0.25, 0.3) is 0 Å². The molecule has 0 aromatic carbocycles. The highest BCUT2D eigenvalue weighted by molar-refractivity contribution is 5.18. The monoisotopic (exact) mass is 178 g/mol. The molecule has 0 amide bonds. The van der Waals surface area contributed by atoms with Gasteiger partial charge in [-0.3, -0.25) is 0 Å². The third kappa shape index (κ3) is 1.98. The fourth-order valence-corrected chi connectivity index (χ4v) is 1.21. The minimum Gasteiger partial charge on any atom is -0.472 e. The second kappa shape index (κ2) is 3.75. The van der Waals surface area contributed by atoms with E-state index >= 15 is 0 Å². The Hall–Kier alpha value is -1.09. The summed E-state index contributed by atoms with van der Waals surface area (Å²) in [5.74, 6) is 0.740. The van der Waals surface area contributed by atoms with Crippen molar-refractivity contribution in [2.75, 3.05) is 13.1 Å². The summed E-state index contributed by atoms with van der Waals surface area (Å²) in [5, 5.41) is 3.15. The SMILES string of the molecule is CCc1ccc(OC2CNC2)nc1. The smallest absolute Gasteiger partial charge is 0.213 e. The molecule has 3 nitrogen and oxygen atoms in total. The molecule has 0 radical (unpaired) electrons. The number of aryl methyl sites for hydroxylation is 1. The minimum atomic E-state index is 0.319. The van der Waals surface area contributed by atoms with Gasteiger partial charge in [0.15, 0.2) is 0 Å². The number of hydrogen-bond acceptors (Lipinski definition) is 3. The summed E-state index contributed by atoms with van der Waals surface area (Å²) in [5.41, 5.74) is 1.25. The van der Waals surface area contributed by atoms with Crippen LogP contribution in [0.25, 0.3) is 0 Å². The molecule has 0 saturated carbocycles. The summed E-state index contributed by atoms with van der Waals surface area (Å²) in [6, 6.07) is 4.01. The molecule has 70 valence electrons. The van der Waals surface area contributed by atoms with E-state index in [9.17, 15) is 0 Å². The third-order valence-corrected chi connectivity index (χ3v) is 2.24. The van der Waals surface area contributed by atoms with Crippen LogP contribution >= 0.6 is 0 Å². The van der Waals surface area contributed by atoms with Gasteiger partial charge in [-0.05, 0) is 12.0 Å². The second-order valence-corrected chi connectivity index (χ2v) is 3.26. The van der Waals surface area contributed by atoms with Crippen LogP contribution in [0.1, 0.15) is 12.5 Å². The molecule has 0 aliphatic carbocycles. The van der Waals surface area contributed by atoms with E-state index in [1.165, 1.54) is 5.56 Å². The molecule has 3 heteroatoms. The molecular formula is C10H14N2O. The number of ether oxygens (including phenoxy) is 1. The summed E-state index contributed by atoms with van der Waals surface area (Å²) in [4.78, 5) is 4.22. The highest BCUT2D eigenvalue weighted by atomic mass is 16.5. The van der Waals surface area contributed by atoms with Crippen molar-refractivity contribution in [2.45, 2.75) is 19.4 Å². The van der Waals surface area contributed by atoms with Crippen molar-refractivity contribution in [3.8, 4) is 5.88 Å². The van der Waals surface area contributed by atoms with Crippen molar-refractivity contribution in [3.05, 3.63) is 23.9 Å². The number of aromatic nitrogens is 1. The number of nitrogens with zero attached hydrogens (tertiary/aromatic N) is 1. The molecule has 0 spiro atoms. The van der Waals surface area contributed by atoms with Crippen LogP contribution < -0.4 is 10.1 Å². The fourth-order valence-electron chi connectivity index (χ4n) is 1.21. The molecule has 1 aromatic heterocycles. The lowest BCUT2D eigenvalue weighted by atomic mass is 10.2. The van der Waals surface area contributed by atoms with Crippen LogP contribution in [0.5, 0.6) is 5.88 Å². The van der Waals surface area contributed by atoms with E-state index in [4.69, 9.17) is 4.74 Å². The van der Waals surface area contributed by atoms with Crippen molar-refractivity contribution in [1.82, 2.24) is 10.3 Å². The van der Waals surface area contributed by atoms with Crippen molar-refractivity contribution >= 4 is 0 Å². The molecule has 1 saturated heterocycles. The van der Waals surface area contributed by atoms with Gasteiger partial charge in [-0.25, -0.2) is 4.98 Å². The van der Waals surface area contributed by atoms with E-state index in [1.54, 1.807) is 0 Å². The maximum absolute atomic E-state index is 5.58. The van der Waals surface area contributed by atoms with Crippen LogP contribution in [-0.2, 0) is 6.42 Å². The molecule has 1 aliphatic heterocycles. The lowest BCUT2D eigenvalue weighted by Crippen LogP contribution is -2.50. The zero-order valence-electron chi connectivity index (χ0n) is 7.79. The number of pyridine rings is 1. The van der Waals surface area contributed by atoms with Crippen molar-refractivity contribution in [1.29, 1.82) is 0 Å². The Balaban J connectivity index is 1.96. The summed E-state index contributed by atoms with van der Waals surface area (Å²) in [6.07, 6.45) is 3.22. The van der Waals surface area contributed by atoms with Crippen LogP contribution in [0.4, 0.5) is 0 Å². The van der Waals surface area contributed by atoms with Gasteiger partial charge in [0.1, 0.15) is 6.10 Å². The fraction of sp³-hybridized carbons (Fsp3) is 0.500. The Kier molecular flexibility index (Phi) is 2.45. The lowest BCUT2D eigenvalue weighted by Gasteiger charge is -2.27. The molecular weight excluding hydrogens is 164 g/mol.